The zero-order valence-corrected chi connectivity index (χ0v) is 13.7. The Morgan fingerprint density at radius 2 is 2.04 bits per heavy atom. The second kappa shape index (κ2) is 5.03. The molecular formula is C17H11BrFN3O. The van der Waals surface area contributed by atoms with Gasteiger partial charge >= 0.3 is 0 Å². The van der Waals surface area contributed by atoms with Crippen molar-refractivity contribution in [3.05, 3.63) is 68.8 Å². The molecule has 0 fully saturated rings. The average molecular weight is 372 g/mol. The Morgan fingerprint density at radius 1 is 1.26 bits per heavy atom. The summed E-state index contributed by atoms with van der Waals surface area (Å²) in [6.45, 7) is 1.92. The minimum atomic E-state index is -0.394. The number of pyridine rings is 1. The Kier molecular flexibility index (Phi) is 3.09. The van der Waals surface area contributed by atoms with E-state index in [0.717, 1.165) is 11.3 Å². The third kappa shape index (κ3) is 2.09. The van der Waals surface area contributed by atoms with E-state index in [1.165, 1.54) is 16.9 Å². The Labute approximate surface area is 139 Å². The van der Waals surface area contributed by atoms with Gasteiger partial charge in [0, 0.05) is 16.1 Å². The number of nitrogens with one attached hydrogen (secondary N) is 1. The topological polar surface area (TPSA) is 50.7 Å². The number of hydrogen-bond donors (Lipinski definition) is 1. The molecule has 0 unspecified atom stereocenters. The van der Waals surface area contributed by atoms with Gasteiger partial charge in [-0.2, -0.15) is 9.78 Å². The summed E-state index contributed by atoms with van der Waals surface area (Å²) in [5.41, 5.74) is 2.67. The molecule has 6 heteroatoms. The fourth-order valence-corrected chi connectivity index (χ4v) is 3.19. The molecule has 0 aromatic heterocycles. The summed E-state index contributed by atoms with van der Waals surface area (Å²) >= 11 is 3.28. The van der Waals surface area contributed by atoms with Crippen LogP contribution in [0.4, 0.5) is 4.39 Å². The molecule has 0 spiro atoms. The molecule has 0 atom stereocenters. The molecule has 1 N–H and O–H groups in total. The molecule has 0 bridgehead atoms. The number of rotatable bonds is 1. The summed E-state index contributed by atoms with van der Waals surface area (Å²) in [6.07, 6.45) is 1.51. The van der Waals surface area contributed by atoms with Gasteiger partial charge in [-0.3, -0.25) is 4.79 Å². The van der Waals surface area contributed by atoms with Crippen LogP contribution in [0.3, 0.4) is 0 Å². The molecule has 2 aliphatic rings. The normalized spacial score (nSPS) is 11.4. The Morgan fingerprint density at radius 3 is 2.83 bits per heavy atom. The molecule has 23 heavy (non-hydrogen) atoms. The van der Waals surface area contributed by atoms with Crippen molar-refractivity contribution in [2.45, 2.75) is 6.92 Å². The number of aromatic amines is 1. The zero-order chi connectivity index (χ0) is 16.1. The van der Waals surface area contributed by atoms with Crippen LogP contribution in [-0.2, 0) is 0 Å². The fraction of sp³-hybridized carbons (Fsp3) is 0.0588. The molecule has 0 saturated heterocycles. The molecule has 114 valence electrons. The Bertz CT molecular complexity index is 1080. The minimum absolute atomic E-state index is 0.229. The average Bonchev–Trinajstić information content (AvgIpc) is 2.85. The molecule has 0 aliphatic carbocycles. The lowest BCUT2D eigenvalue weighted by molar-refractivity contribution is 0.636. The highest BCUT2D eigenvalue weighted by molar-refractivity contribution is 9.10. The molecule has 0 radical (unpaired) electrons. The first kappa shape index (κ1) is 14.1. The van der Waals surface area contributed by atoms with Crippen LogP contribution in [0, 0.1) is 12.7 Å². The SMILES string of the molecule is Cc1ccccc1-n1nc2c3cc(Br)cc(F)c3[nH]cc-2c1=O. The van der Waals surface area contributed by atoms with Gasteiger partial charge in [-0.1, -0.05) is 34.1 Å². The quantitative estimate of drug-likeness (QED) is 0.549. The maximum atomic E-state index is 14.1. The van der Waals surface area contributed by atoms with Gasteiger partial charge in [-0.05, 0) is 30.7 Å². The van der Waals surface area contributed by atoms with E-state index in [-0.39, 0.29) is 5.56 Å². The molecule has 0 saturated carbocycles. The van der Waals surface area contributed by atoms with E-state index in [4.69, 9.17) is 0 Å². The van der Waals surface area contributed by atoms with Gasteiger partial charge in [0.25, 0.3) is 5.56 Å². The number of aromatic nitrogens is 3. The number of aryl methyl sites for hydroxylation is 1. The lowest BCUT2D eigenvalue weighted by Gasteiger charge is -2.04. The van der Waals surface area contributed by atoms with Gasteiger partial charge < -0.3 is 4.98 Å². The number of H-pyrrole nitrogens is 1. The molecule has 2 aromatic carbocycles. The van der Waals surface area contributed by atoms with E-state index in [2.05, 4.69) is 26.0 Å². The smallest absolute Gasteiger partial charge is 0.282 e. The highest BCUT2D eigenvalue weighted by Gasteiger charge is 2.21. The van der Waals surface area contributed by atoms with Crippen LogP contribution in [0.2, 0.25) is 0 Å². The van der Waals surface area contributed by atoms with Crippen LogP contribution in [-0.4, -0.2) is 14.8 Å². The predicted octanol–water partition coefficient (Wildman–Crippen LogP) is 4.03. The standard InChI is InChI=1S/C17H11BrFN3O/c1-9-4-2-3-5-14(9)22-17(23)12-8-20-16-11(15(12)21-22)6-10(18)7-13(16)19/h2-8,20H,1H3. The van der Waals surface area contributed by atoms with E-state index in [1.807, 2.05) is 31.2 Å². The van der Waals surface area contributed by atoms with Crippen LogP contribution < -0.4 is 5.56 Å². The minimum Gasteiger partial charge on any atom is -0.358 e. The molecular weight excluding hydrogens is 361 g/mol. The molecule has 2 aliphatic heterocycles. The van der Waals surface area contributed by atoms with Gasteiger partial charge in [0.05, 0.1) is 16.8 Å². The van der Waals surface area contributed by atoms with E-state index in [1.54, 1.807) is 6.07 Å². The first-order valence-electron chi connectivity index (χ1n) is 7.01. The van der Waals surface area contributed by atoms with E-state index in [9.17, 15) is 9.18 Å². The highest BCUT2D eigenvalue weighted by atomic mass is 79.9. The van der Waals surface area contributed by atoms with Crippen LogP contribution in [0.5, 0.6) is 0 Å². The lowest BCUT2D eigenvalue weighted by Crippen LogP contribution is -2.15. The third-order valence-corrected chi connectivity index (χ3v) is 4.35. The van der Waals surface area contributed by atoms with Crippen LogP contribution >= 0.6 is 15.9 Å². The van der Waals surface area contributed by atoms with Gasteiger partial charge in [0.2, 0.25) is 0 Å². The summed E-state index contributed by atoms with van der Waals surface area (Å²) in [5.74, 6) is -0.394. The number of halogens is 2. The second-order valence-electron chi connectivity index (χ2n) is 5.36. The lowest BCUT2D eigenvalue weighted by atomic mass is 10.1. The van der Waals surface area contributed by atoms with Gasteiger partial charge in [-0.15, -0.1) is 0 Å². The van der Waals surface area contributed by atoms with Crippen LogP contribution in [0.1, 0.15) is 5.56 Å². The van der Waals surface area contributed by atoms with Gasteiger partial charge in [0.15, 0.2) is 0 Å². The number of fused-ring (bicyclic) bond motifs is 3. The first-order chi connectivity index (χ1) is 11.1. The van der Waals surface area contributed by atoms with Gasteiger partial charge in [0.1, 0.15) is 11.5 Å². The Balaban J connectivity index is 2.12. The van der Waals surface area contributed by atoms with Crippen molar-refractivity contribution in [1.29, 1.82) is 0 Å². The van der Waals surface area contributed by atoms with Crippen molar-refractivity contribution in [3.63, 3.8) is 0 Å². The predicted molar refractivity (Wildman–Crippen MR) is 90.7 cm³/mol. The molecule has 4 rings (SSSR count). The summed E-state index contributed by atoms with van der Waals surface area (Å²) < 4.78 is 16.1. The van der Waals surface area contributed by atoms with Crippen molar-refractivity contribution in [3.8, 4) is 16.9 Å². The van der Waals surface area contributed by atoms with E-state index in [0.29, 0.717) is 26.6 Å². The largest absolute Gasteiger partial charge is 0.358 e. The monoisotopic (exact) mass is 371 g/mol. The van der Waals surface area contributed by atoms with Crippen molar-refractivity contribution in [2.75, 3.05) is 0 Å². The molecule has 0 amide bonds. The van der Waals surface area contributed by atoms with Crippen LogP contribution in [0.25, 0.3) is 27.8 Å². The number of nitrogens with zero attached hydrogens (tertiary/aromatic N) is 2. The first-order valence-corrected chi connectivity index (χ1v) is 7.81. The molecule has 4 nitrogen and oxygen atoms in total. The summed E-state index contributed by atoms with van der Waals surface area (Å²) in [6, 6.07) is 10.6. The van der Waals surface area contributed by atoms with Crippen LogP contribution in [0.15, 0.2) is 51.9 Å². The number of hydrogen-bond acceptors (Lipinski definition) is 2. The van der Waals surface area contributed by atoms with Crippen molar-refractivity contribution in [1.82, 2.24) is 14.8 Å². The third-order valence-electron chi connectivity index (χ3n) is 3.89. The van der Waals surface area contributed by atoms with Crippen molar-refractivity contribution < 1.29 is 4.39 Å². The van der Waals surface area contributed by atoms with E-state index < -0.39 is 5.82 Å². The second-order valence-corrected chi connectivity index (χ2v) is 6.28. The fourth-order valence-electron chi connectivity index (χ4n) is 2.76. The Hall–Kier alpha value is -2.47. The summed E-state index contributed by atoms with van der Waals surface area (Å²) in [4.78, 5) is 15.5. The summed E-state index contributed by atoms with van der Waals surface area (Å²) in [7, 11) is 0. The highest BCUT2D eigenvalue weighted by Crippen LogP contribution is 2.30. The van der Waals surface area contributed by atoms with Crippen molar-refractivity contribution in [2.24, 2.45) is 0 Å². The summed E-state index contributed by atoms with van der Waals surface area (Å²) in [5, 5.41) is 5.02. The zero-order valence-electron chi connectivity index (χ0n) is 12.1. The van der Waals surface area contributed by atoms with E-state index >= 15 is 0 Å². The number of para-hydroxylation sites is 1. The molecule has 2 aromatic rings. The van der Waals surface area contributed by atoms with Gasteiger partial charge in [-0.25, -0.2) is 4.39 Å². The maximum absolute atomic E-state index is 14.1. The van der Waals surface area contributed by atoms with Crippen molar-refractivity contribution >= 4 is 26.8 Å². The number of benzene rings is 2. The maximum Gasteiger partial charge on any atom is 0.282 e. The molecule has 2 heterocycles.